The van der Waals surface area contributed by atoms with Crippen molar-refractivity contribution in [1.29, 1.82) is 0 Å². The zero-order valence-corrected chi connectivity index (χ0v) is 16.2. The third-order valence-electron chi connectivity index (χ3n) is 3.91. The summed E-state index contributed by atoms with van der Waals surface area (Å²) in [5.74, 6) is -0.237. The van der Waals surface area contributed by atoms with Gasteiger partial charge in [-0.25, -0.2) is 4.98 Å². The van der Waals surface area contributed by atoms with E-state index < -0.39 is 5.97 Å². The van der Waals surface area contributed by atoms with Gasteiger partial charge in [0, 0.05) is 21.9 Å². The molecule has 4 nitrogen and oxygen atoms in total. The molecule has 26 heavy (non-hydrogen) atoms. The van der Waals surface area contributed by atoms with Crippen molar-refractivity contribution < 1.29 is 14.3 Å². The zero-order chi connectivity index (χ0) is 18.5. The Kier molecular flexibility index (Phi) is 5.96. The molecular weight excluding hydrogens is 366 g/mol. The van der Waals surface area contributed by atoms with Gasteiger partial charge in [-0.15, -0.1) is 11.3 Å². The lowest BCUT2D eigenvalue weighted by Gasteiger charge is -2.07. The van der Waals surface area contributed by atoms with Crippen molar-refractivity contribution in [3.63, 3.8) is 0 Å². The predicted octanol–water partition coefficient (Wildman–Crippen LogP) is 4.96. The molecule has 0 fully saturated rings. The zero-order valence-electron chi connectivity index (χ0n) is 14.6. The highest BCUT2D eigenvalue weighted by Gasteiger charge is 2.13. The first-order chi connectivity index (χ1) is 12.5. The Morgan fingerprint density at radius 3 is 2.54 bits per heavy atom. The number of carbonyl (C=O) groups is 2. The van der Waals surface area contributed by atoms with Crippen LogP contribution in [0.1, 0.15) is 41.4 Å². The number of Topliss-reactive ketones (excluding diaryl/α,β-unsaturated/α-hetero) is 1. The van der Waals surface area contributed by atoms with Gasteiger partial charge in [0.25, 0.3) is 0 Å². The highest BCUT2D eigenvalue weighted by atomic mass is 32.1. The summed E-state index contributed by atoms with van der Waals surface area (Å²) < 4.78 is 5.12. The first-order valence-corrected chi connectivity index (χ1v) is 10.1. The lowest BCUT2D eigenvalue weighted by Crippen LogP contribution is -2.15. The van der Waals surface area contributed by atoms with Crippen LogP contribution in [-0.4, -0.2) is 23.3 Å². The van der Waals surface area contributed by atoms with Crippen molar-refractivity contribution in [2.45, 2.75) is 26.2 Å². The van der Waals surface area contributed by atoms with Gasteiger partial charge in [-0.05, 0) is 22.9 Å². The summed E-state index contributed by atoms with van der Waals surface area (Å²) in [6, 6.07) is 9.41. The molecule has 0 amide bonds. The Balaban J connectivity index is 1.51. The van der Waals surface area contributed by atoms with Gasteiger partial charge in [-0.3, -0.25) is 9.59 Å². The number of thiophene rings is 1. The van der Waals surface area contributed by atoms with E-state index in [1.54, 1.807) is 23.5 Å². The number of ketones is 1. The van der Waals surface area contributed by atoms with Gasteiger partial charge in [-0.2, -0.15) is 11.3 Å². The lowest BCUT2D eigenvalue weighted by molar-refractivity contribution is -0.141. The van der Waals surface area contributed by atoms with E-state index in [2.05, 4.69) is 18.8 Å². The van der Waals surface area contributed by atoms with Crippen LogP contribution in [0.4, 0.5) is 0 Å². The molecule has 6 heteroatoms. The average Bonchev–Trinajstić information content (AvgIpc) is 3.31. The summed E-state index contributed by atoms with van der Waals surface area (Å²) in [6.07, 6.45) is 0.0696. The van der Waals surface area contributed by atoms with Crippen LogP contribution in [0.2, 0.25) is 0 Å². The van der Waals surface area contributed by atoms with Crippen LogP contribution in [0.15, 0.2) is 46.5 Å². The van der Waals surface area contributed by atoms with Gasteiger partial charge in [0.2, 0.25) is 0 Å². The lowest BCUT2D eigenvalue weighted by atomic mass is 10.0. The number of benzene rings is 1. The monoisotopic (exact) mass is 385 g/mol. The summed E-state index contributed by atoms with van der Waals surface area (Å²) in [6.45, 7) is 3.95. The van der Waals surface area contributed by atoms with Crippen LogP contribution in [-0.2, 0) is 16.0 Å². The van der Waals surface area contributed by atoms with Crippen molar-refractivity contribution in [1.82, 2.24) is 4.98 Å². The number of esters is 1. The normalized spacial score (nSPS) is 10.9. The summed E-state index contributed by atoms with van der Waals surface area (Å²) in [5.41, 5.74) is 3.44. The van der Waals surface area contributed by atoms with Gasteiger partial charge >= 0.3 is 5.97 Å². The van der Waals surface area contributed by atoms with Crippen LogP contribution in [0.25, 0.3) is 10.6 Å². The van der Waals surface area contributed by atoms with Crippen LogP contribution in [0, 0.1) is 0 Å². The molecule has 0 saturated carbocycles. The standard InChI is InChI=1S/C20H19NO3S2/c1-13(2)14-3-5-15(6-4-14)18(22)10-24-19(23)9-17-12-26-20(21-17)16-7-8-25-11-16/h3-8,11-13H,9-10H2,1-2H3. The molecule has 3 aromatic rings. The molecule has 1 aromatic carbocycles. The molecule has 0 aliphatic rings. The molecule has 0 unspecified atom stereocenters. The Bertz CT molecular complexity index is 880. The average molecular weight is 386 g/mol. The quantitative estimate of drug-likeness (QED) is 0.426. The first-order valence-electron chi connectivity index (χ1n) is 8.28. The molecule has 0 atom stereocenters. The van der Waals surface area contributed by atoms with Crippen molar-refractivity contribution in [3.05, 3.63) is 63.3 Å². The van der Waals surface area contributed by atoms with Crippen molar-refractivity contribution in [2.24, 2.45) is 0 Å². The van der Waals surface area contributed by atoms with Gasteiger partial charge in [-0.1, -0.05) is 38.1 Å². The predicted molar refractivity (Wildman–Crippen MR) is 105 cm³/mol. The van der Waals surface area contributed by atoms with Gasteiger partial charge in [0.05, 0.1) is 12.1 Å². The second-order valence-corrected chi connectivity index (χ2v) is 7.83. The van der Waals surface area contributed by atoms with E-state index >= 15 is 0 Å². The number of carbonyl (C=O) groups excluding carboxylic acids is 2. The second-order valence-electron chi connectivity index (χ2n) is 6.19. The number of rotatable bonds is 7. The van der Waals surface area contributed by atoms with E-state index in [0.29, 0.717) is 17.2 Å². The summed E-state index contributed by atoms with van der Waals surface area (Å²) in [7, 11) is 0. The maximum atomic E-state index is 12.2. The fourth-order valence-electron chi connectivity index (χ4n) is 2.39. The van der Waals surface area contributed by atoms with Gasteiger partial charge in [0.1, 0.15) is 5.01 Å². The minimum absolute atomic E-state index is 0.0696. The van der Waals surface area contributed by atoms with Crippen LogP contribution in [0.3, 0.4) is 0 Å². The van der Waals surface area contributed by atoms with Crippen LogP contribution in [0.5, 0.6) is 0 Å². The van der Waals surface area contributed by atoms with E-state index in [1.165, 1.54) is 16.9 Å². The largest absolute Gasteiger partial charge is 0.457 e. The topological polar surface area (TPSA) is 56.3 Å². The Labute approximate surface area is 160 Å². The first kappa shape index (κ1) is 18.5. The summed E-state index contributed by atoms with van der Waals surface area (Å²) in [4.78, 5) is 28.6. The Morgan fingerprint density at radius 1 is 1.12 bits per heavy atom. The van der Waals surface area contributed by atoms with Gasteiger partial charge in [0.15, 0.2) is 12.4 Å². The fraction of sp³-hybridized carbons (Fsp3) is 0.250. The van der Waals surface area contributed by atoms with E-state index in [4.69, 9.17) is 4.74 Å². The number of hydrogen-bond donors (Lipinski definition) is 0. The maximum absolute atomic E-state index is 12.2. The molecule has 0 N–H and O–H groups in total. The minimum Gasteiger partial charge on any atom is -0.457 e. The molecule has 134 valence electrons. The molecule has 0 saturated heterocycles. The number of hydrogen-bond acceptors (Lipinski definition) is 6. The number of aromatic nitrogens is 1. The SMILES string of the molecule is CC(C)c1ccc(C(=O)COC(=O)Cc2csc(-c3ccsc3)n2)cc1. The molecule has 2 heterocycles. The van der Waals surface area contributed by atoms with E-state index in [9.17, 15) is 9.59 Å². The smallest absolute Gasteiger partial charge is 0.312 e. The number of thiazole rings is 1. The van der Waals surface area contributed by atoms with Crippen LogP contribution < -0.4 is 0 Å². The van der Waals surface area contributed by atoms with Crippen LogP contribution >= 0.6 is 22.7 Å². The highest BCUT2D eigenvalue weighted by Crippen LogP contribution is 2.25. The molecule has 0 aliphatic carbocycles. The maximum Gasteiger partial charge on any atom is 0.312 e. The molecule has 0 radical (unpaired) electrons. The summed E-state index contributed by atoms with van der Waals surface area (Å²) in [5, 5.41) is 6.74. The number of nitrogens with zero attached hydrogens (tertiary/aromatic N) is 1. The molecule has 0 aliphatic heterocycles. The molecule has 2 aromatic heterocycles. The van der Waals surface area contributed by atoms with Crippen molar-refractivity contribution in [2.75, 3.05) is 6.61 Å². The molecular formula is C20H19NO3S2. The highest BCUT2D eigenvalue weighted by molar-refractivity contribution is 7.14. The minimum atomic E-state index is -0.445. The van der Waals surface area contributed by atoms with Gasteiger partial charge < -0.3 is 4.74 Å². The molecule has 0 bridgehead atoms. The number of ether oxygens (including phenoxy) is 1. The third kappa shape index (κ3) is 4.65. The van der Waals surface area contributed by atoms with E-state index in [0.717, 1.165) is 10.6 Å². The Morgan fingerprint density at radius 2 is 1.88 bits per heavy atom. The summed E-state index contributed by atoms with van der Waals surface area (Å²) >= 11 is 3.10. The Hall–Kier alpha value is -2.31. The van der Waals surface area contributed by atoms with Crippen molar-refractivity contribution >= 4 is 34.4 Å². The molecule has 0 spiro atoms. The van der Waals surface area contributed by atoms with E-state index in [-0.39, 0.29) is 18.8 Å². The fourth-order valence-corrected chi connectivity index (χ4v) is 3.92. The van der Waals surface area contributed by atoms with E-state index in [1.807, 2.05) is 34.3 Å². The molecule has 3 rings (SSSR count). The van der Waals surface area contributed by atoms with Crippen molar-refractivity contribution in [3.8, 4) is 10.6 Å². The second kappa shape index (κ2) is 8.38. The third-order valence-corrected chi connectivity index (χ3v) is 5.53.